The maximum Gasteiger partial charge on any atom is 0.280 e. The number of ketones is 1. The molecule has 0 radical (unpaired) electrons. The standard InChI is InChI=1S/C16H22N2O3/c1-11-5-4-6-13(9-11)17(3)14-7-8-16(18(20)21)15(10-14)12(2)19/h7-8,10-11,13H,4-6,9H2,1-3H3. The van der Waals surface area contributed by atoms with Crippen molar-refractivity contribution in [2.75, 3.05) is 11.9 Å². The molecule has 2 atom stereocenters. The van der Waals surface area contributed by atoms with E-state index in [1.54, 1.807) is 12.1 Å². The van der Waals surface area contributed by atoms with E-state index in [9.17, 15) is 14.9 Å². The van der Waals surface area contributed by atoms with Crippen LogP contribution in [0.5, 0.6) is 0 Å². The van der Waals surface area contributed by atoms with Gasteiger partial charge in [0.15, 0.2) is 5.78 Å². The van der Waals surface area contributed by atoms with Gasteiger partial charge in [0, 0.05) is 24.8 Å². The fourth-order valence-electron chi connectivity index (χ4n) is 3.15. The van der Waals surface area contributed by atoms with Gasteiger partial charge < -0.3 is 4.90 Å². The van der Waals surface area contributed by atoms with Crippen molar-refractivity contribution >= 4 is 17.2 Å². The molecule has 1 aromatic carbocycles. The van der Waals surface area contributed by atoms with E-state index < -0.39 is 4.92 Å². The molecule has 0 saturated heterocycles. The van der Waals surface area contributed by atoms with Crippen molar-refractivity contribution in [3.05, 3.63) is 33.9 Å². The Morgan fingerprint density at radius 1 is 1.38 bits per heavy atom. The van der Waals surface area contributed by atoms with Gasteiger partial charge in [0.2, 0.25) is 0 Å². The second-order valence-corrected chi connectivity index (χ2v) is 6.05. The molecule has 0 bridgehead atoms. The van der Waals surface area contributed by atoms with Gasteiger partial charge in [-0.15, -0.1) is 0 Å². The van der Waals surface area contributed by atoms with Crippen molar-refractivity contribution in [3.63, 3.8) is 0 Å². The molecule has 2 rings (SSSR count). The molecule has 0 heterocycles. The lowest BCUT2D eigenvalue weighted by Crippen LogP contribution is -2.35. The van der Waals surface area contributed by atoms with Crippen LogP contribution in [0.3, 0.4) is 0 Å². The molecule has 0 aliphatic heterocycles. The quantitative estimate of drug-likeness (QED) is 0.480. The average Bonchev–Trinajstić information content (AvgIpc) is 2.45. The lowest BCUT2D eigenvalue weighted by molar-refractivity contribution is -0.385. The summed E-state index contributed by atoms with van der Waals surface area (Å²) in [6, 6.07) is 5.27. The lowest BCUT2D eigenvalue weighted by Gasteiger charge is -2.35. The number of nitro groups is 1. The second kappa shape index (κ2) is 6.24. The van der Waals surface area contributed by atoms with Crippen molar-refractivity contribution in [3.8, 4) is 0 Å². The number of benzene rings is 1. The van der Waals surface area contributed by atoms with Crippen molar-refractivity contribution in [2.45, 2.75) is 45.6 Å². The summed E-state index contributed by atoms with van der Waals surface area (Å²) in [5.41, 5.74) is 0.953. The first-order valence-electron chi connectivity index (χ1n) is 7.42. The zero-order valence-corrected chi connectivity index (χ0v) is 12.8. The molecule has 0 aromatic heterocycles. The molecule has 0 amide bonds. The van der Waals surface area contributed by atoms with E-state index in [2.05, 4.69) is 11.8 Å². The van der Waals surface area contributed by atoms with E-state index in [1.807, 2.05) is 7.05 Å². The molecule has 1 aliphatic carbocycles. The smallest absolute Gasteiger partial charge is 0.280 e. The highest BCUT2D eigenvalue weighted by atomic mass is 16.6. The topological polar surface area (TPSA) is 63.5 Å². The molecule has 1 fully saturated rings. The number of anilines is 1. The summed E-state index contributed by atoms with van der Waals surface area (Å²) in [5.74, 6) is 0.436. The minimum absolute atomic E-state index is 0.114. The van der Waals surface area contributed by atoms with E-state index >= 15 is 0 Å². The minimum Gasteiger partial charge on any atom is -0.372 e. The number of carbonyl (C=O) groups is 1. The van der Waals surface area contributed by atoms with E-state index in [0.717, 1.165) is 18.5 Å². The van der Waals surface area contributed by atoms with Crippen LogP contribution in [0.1, 0.15) is 49.9 Å². The Morgan fingerprint density at radius 2 is 2.10 bits per heavy atom. The highest BCUT2D eigenvalue weighted by Crippen LogP contribution is 2.31. The summed E-state index contributed by atoms with van der Waals surface area (Å²) >= 11 is 0. The Kier molecular flexibility index (Phi) is 4.60. The van der Waals surface area contributed by atoms with E-state index in [-0.39, 0.29) is 17.0 Å². The maximum absolute atomic E-state index is 11.7. The Hall–Kier alpha value is -1.91. The zero-order chi connectivity index (χ0) is 15.6. The molecular formula is C16H22N2O3. The van der Waals surface area contributed by atoms with Gasteiger partial charge in [-0.05, 0) is 37.8 Å². The van der Waals surface area contributed by atoms with Crippen molar-refractivity contribution in [2.24, 2.45) is 5.92 Å². The molecular weight excluding hydrogens is 268 g/mol. The number of nitro benzene ring substituents is 1. The van der Waals surface area contributed by atoms with Crippen LogP contribution in [0, 0.1) is 16.0 Å². The van der Waals surface area contributed by atoms with Crippen molar-refractivity contribution in [1.82, 2.24) is 0 Å². The number of hydrogen-bond donors (Lipinski definition) is 0. The van der Waals surface area contributed by atoms with Gasteiger partial charge in [-0.2, -0.15) is 0 Å². The highest BCUT2D eigenvalue weighted by molar-refractivity contribution is 5.99. The minimum atomic E-state index is -0.497. The Balaban J connectivity index is 2.29. The van der Waals surface area contributed by atoms with Crippen LogP contribution < -0.4 is 4.90 Å². The van der Waals surface area contributed by atoms with Crippen LogP contribution >= 0.6 is 0 Å². The number of carbonyl (C=O) groups excluding carboxylic acids is 1. The van der Waals surface area contributed by atoms with Gasteiger partial charge in [0.25, 0.3) is 5.69 Å². The third-order valence-corrected chi connectivity index (χ3v) is 4.42. The average molecular weight is 290 g/mol. The van der Waals surface area contributed by atoms with Gasteiger partial charge in [-0.25, -0.2) is 0 Å². The SMILES string of the molecule is CC(=O)c1cc(N(C)C2CCCC(C)C2)ccc1[N+](=O)[O-]. The predicted molar refractivity (Wildman–Crippen MR) is 82.9 cm³/mol. The van der Waals surface area contributed by atoms with Gasteiger partial charge >= 0.3 is 0 Å². The summed E-state index contributed by atoms with van der Waals surface area (Å²) in [5, 5.41) is 11.0. The van der Waals surface area contributed by atoms with Crippen LogP contribution in [-0.2, 0) is 0 Å². The highest BCUT2D eigenvalue weighted by Gasteiger charge is 2.24. The Bertz CT molecular complexity index is 556. The van der Waals surface area contributed by atoms with Gasteiger partial charge in [0.05, 0.1) is 10.5 Å². The van der Waals surface area contributed by atoms with Crippen LogP contribution in [0.25, 0.3) is 0 Å². The van der Waals surface area contributed by atoms with Crippen molar-refractivity contribution in [1.29, 1.82) is 0 Å². The maximum atomic E-state index is 11.7. The van der Waals surface area contributed by atoms with Crippen LogP contribution in [0.15, 0.2) is 18.2 Å². The molecule has 1 saturated carbocycles. The number of rotatable bonds is 4. The molecule has 114 valence electrons. The second-order valence-electron chi connectivity index (χ2n) is 6.05. The van der Waals surface area contributed by atoms with E-state index in [0.29, 0.717) is 12.0 Å². The molecule has 21 heavy (non-hydrogen) atoms. The fraction of sp³-hybridized carbons (Fsp3) is 0.562. The normalized spacial score (nSPS) is 21.9. The molecule has 5 heteroatoms. The molecule has 5 nitrogen and oxygen atoms in total. The predicted octanol–water partition coefficient (Wildman–Crippen LogP) is 3.81. The first-order chi connectivity index (χ1) is 9.90. The number of hydrogen-bond acceptors (Lipinski definition) is 4. The molecule has 0 N–H and O–H groups in total. The lowest BCUT2D eigenvalue weighted by atomic mass is 9.86. The van der Waals surface area contributed by atoms with Crippen LogP contribution in [0.4, 0.5) is 11.4 Å². The number of nitrogens with zero attached hydrogens (tertiary/aromatic N) is 2. The third-order valence-electron chi connectivity index (χ3n) is 4.42. The number of Topliss-reactive ketones (excluding diaryl/α,β-unsaturated/α-hetero) is 1. The fourth-order valence-corrected chi connectivity index (χ4v) is 3.15. The zero-order valence-electron chi connectivity index (χ0n) is 12.8. The summed E-state index contributed by atoms with van der Waals surface area (Å²) in [4.78, 5) is 24.3. The molecule has 1 aromatic rings. The van der Waals surface area contributed by atoms with Gasteiger partial charge in [-0.1, -0.05) is 19.8 Å². The summed E-state index contributed by atoms with van der Waals surface area (Å²) < 4.78 is 0. The van der Waals surface area contributed by atoms with Gasteiger partial charge in [0.1, 0.15) is 0 Å². The molecule has 1 aliphatic rings. The third kappa shape index (κ3) is 3.40. The molecule has 0 spiro atoms. The van der Waals surface area contributed by atoms with Gasteiger partial charge in [-0.3, -0.25) is 14.9 Å². The van der Waals surface area contributed by atoms with Crippen LogP contribution in [-0.4, -0.2) is 23.8 Å². The Morgan fingerprint density at radius 3 is 2.67 bits per heavy atom. The first kappa shape index (κ1) is 15.5. The van der Waals surface area contributed by atoms with E-state index in [4.69, 9.17) is 0 Å². The van der Waals surface area contributed by atoms with Crippen LogP contribution in [0.2, 0.25) is 0 Å². The largest absolute Gasteiger partial charge is 0.372 e. The Labute approximate surface area is 125 Å². The van der Waals surface area contributed by atoms with E-state index in [1.165, 1.54) is 25.8 Å². The summed E-state index contributed by atoms with van der Waals surface area (Å²) in [7, 11) is 2.01. The first-order valence-corrected chi connectivity index (χ1v) is 7.42. The van der Waals surface area contributed by atoms with Crippen molar-refractivity contribution < 1.29 is 9.72 Å². The summed E-state index contributed by atoms with van der Waals surface area (Å²) in [6.07, 6.45) is 4.74. The monoisotopic (exact) mass is 290 g/mol. The summed E-state index contributed by atoms with van der Waals surface area (Å²) in [6.45, 7) is 3.63. The molecule has 2 unspecified atom stereocenters.